The van der Waals surface area contributed by atoms with Crippen LogP contribution in [0.25, 0.3) is 0 Å². The molecule has 15 heavy (non-hydrogen) atoms. The molecule has 0 aliphatic heterocycles. The first-order valence-electron chi connectivity index (χ1n) is 4.68. The fourth-order valence-electron chi connectivity index (χ4n) is 1.43. The van der Waals surface area contributed by atoms with Gasteiger partial charge in [0.25, 0.3) is 0 Å². The maximum atomic E-state index is 5.80. The molecule has 0 aliphatic carbocycles. The Balaban J connectivity index is 2.21. The van der Waals surface area contributed by atoms with Crippen LogP contribution in [0.1, 0.15) is 11.1 Å². The Morgan fingerprint density at radius 2 is 2.27 bits per heavy atom. The number of anilines is 1. The van der Waals surface area contributed by atoms with Crippen molar-refractivity contribution in [3.8, 4) is 0 Å². The van der Waals surface area contributed by atoms with Gasteiger partial charge in [-0.2, -0.15) is 5.10 Å². The van der Waals surface area contributed by atoms with E-state index in [1.165, 1.54) is 5.56 Å². The lowest BCUT2D eigenvalue weighted by molar-refractivity contribution is 0.686. The second-order valence-corrected chi connectivity index (χ2v) is 4.43. The highest BCUT2D eigenvalue weighted by Gasteiger charge is 2.00. The predicted octanol–water partition coefficient (Wildman–Crippen LogP) is 2.58. The molecule has 0 atom stereocenters. The van der Waals surface area contributed by atoms with Crippen molar-refractivity contribution < 1.29 is 0 Å². The Kier molecular flexibility index (Phi) is 2.77. The van der Waals surface area contributed by atoms with Gasteiger partial charge in [-0.3, -0.25) is 4.68 Å². The molecular formula is C11H12BrN3. The molecule has 0 radical (unpaired) electrons. The first kappa shape index (κ1) is 10.2. The first-order chi connectivity index (χ1) is 7.15. The van der Waals surface area contributed by atoms with Crippen molar-refractivity contribution in [1.29, 1.82) is 0 Å². The lowest BCUT2D eigenvalue weighted by Gasteiger charge is -2.04. The van der Waals surface area contributed by atoms with Crippen LogP contribution in [0.4, 0.5) is 5.69 Å². The number of nitrogens with two attached hydrogens (primary N) is 1. The maximum Gasteiger partial charge on any atom is 0.0660 e. The minimum atomic E-state index is 0.755. The highest BCUT2D eigenvalue weighted by atomic mass is 79.9. The van der Waals surface area contributed by atoms with Crippen molar-refractivity contribution in [3.63, 3.8) is 0 Å². The molecule has 2 N–H and O–H groups in total. The van der Waals surface area contributed by atoms with E-state index in [0.717, 1.165) is 22.3 Å². The lowest BCUT2D eigenvalue weighted by atomic mass is 10.2. The van der Waals surface area contributed by atoms with Gasteiger partial charge in [-0.15, -0.1) is 0 Å². The number of benzene rings is 1. The number of rotatable bonds is 2. The van der Waals surface area contributed by atoms with Crippen LogP contribution in [0.2, 0.25) is 0 Å². The molecule has 0 amide bonds. The van der Waals surface area contributed by atoms with Gasteiger partial charge in [-0.25, -0.2) is 0 Å². The van der Waals surface area contributed by atoms with Crippen LogP contribution in [0.5, 0.6) is 0 Å². The molecule has 78 valence electrons. The van der Waals surface area contributed by atoms with Gasteiger partial charge in [-0.1, -0.05) is 6.07 Å². The van der Waals surface area contributed by atoms with Crippen molar-refractivity contribution in [3.05, 3.63) is 46.2 Å². The zero-order chi connectivity index (χ0) is 10.8. The highest BCUT2D eigenvalue weighted by molar-refractivity contribution is 9.10. The Bertz CT molecular complexity index is 476. The van der Waals surface area contributed by atoms with Gasteiger partial charge in [0.05, 0.1) is 12.7 Å². The van der Waals surface area contributed by atoms with Crippen LogP contribution in [-0.4, -0.2) is 9.78 Å². The summed E-state index contributed by atoms with van der Waals surface area (Å²) in [6.45, 7) is 2.78. The quantitative estimate of drug-likeness (QED) is 0.849. The highest BCUT2D eigenvalue weighted by Crippen LogP contribution is 2.20. The summed E-state index contributed by atoms with van der Waals surface area (Å²) in [5.41, 5.74) is 8.88. The van der Waals surface area contributed by atoms with Crippen LogP contribution in [-0.2, 0) is 6.54 Å². The fourth-order valence-corrected chi connectivity index (χ4v) is 1.68. The van der Waals surface area contributed by atoms with Gasteiger partial charge < -0.3 is 5.73 Å². The lowest BCUT2D eigenvalue weighted by Crippen LogP contribution is -2.00. The molecule has 2 aromatic rings. The molecule has 4 heteroatoms. The van der Waals surface area contributed by atoms with Crippen LogP contribution in [0.3, 0.4) is 0 Å². The van der Waals surface area contributed by atoms with E-state index in [9.17, 15) is 0 Å². The summed E-state index contributed by atoms with van der Waals surface area (Å²) in [5.74, 6) is 0. The summed E-state index contributed by atoms with van der Waals surface area (Å²) in [4.78, 5) is 0. The summed E-state index contributed by atoms with van der Waals surface area (Å²) in [5, 5.41) is 4.23. The molecule has 1 heterocycles. The summed E-state index contributed by atoms with van der Waals surface area (Å²) in [6.07, 6.45) is 3.86. The fraction of sp³-hybridized carbons (Fsp3) is 0.182. The van der Waals surface area contributed by atoms with Gasteiger partial charge in [0.1, 0.15) is 0 Å². The number of halogens is 1. The SMILES string of the molecule is Cc1cnn(Cc2ccc(Br)c(N)c2)c1. The average Bonchev–Trinajstić information content (AvgIpc) is 2.58. The number of aryl methyl sites for hydroxylation is 1. The van der Waals surface area contributed by atoms with Gasteiger partial charge in [0.2, 0.25) is 0 Å². The summed E-state index contributed by atoms with van der Waals surface area (Å²) in [6, 6.07) is 5.96. The first-order valence-corrected chi connectivity index (χ1v) is 5.47. The van der Waals surface area contributed by atoms with E-state index in [2.05, 4.69) is 21.0 Å². The number of nitrogen functional groups attached to an aromatic ring is 1. The summed E-state index contributed by atoms with van der Waals surface area (Å²) >= 11 is 3.37. The molecule has 0 spiro atoms. The number of nitrogens with zero attached hydrogens (tertiary/aromatic N) is 2. The summed E-state index contributed by atoms with van der Waals surface area (Å²) in [7, 11) is 0. The third kappa shape index (κ3) is 2.39. The second-order valence-electron chi connectivity index (χ2n) is 3.57. The van der Waals surface area contributed by atoms with Gasteiger partial charge in [-0.05, 0) is 46.1 Å². The Labute approximate surface area is 97.0 Å². The minimum absolute atomic E-state index is 0.755. The molecule has 1 aromatic carbocycles. The van der Waals surface area contributed by atoms with Crippen LogP contribution < -0.4 is 5.73 Å². The topological polar surface area (TPSA) is 43.8 Å². The van der Waals surface area contributed by atoms with Crippen LogP contribution in [0, 0.1) is 6.92 Å². The van der Waals surface area contributed by atoms with Gasteiger partial charge >= 0.3 is 0 Å². The third-order valence-corrected chi connectivity index (χ3v) is 2.89. The molecule has 0 unspecified atom stereocenters. The molecule has 0 saturated heterocycles. The molecule has 0 aliphatic rings. The van der Waals surface area contributed by atoms with E-state index in [4.69, 9.17) is 5.73 Å². The molecule has 2 rings (SSSR count). The molecule has 0 saturated carbocycles. The van der Waals surface area contributed by atoms with Crippen molar-refractivity contribution in [2.24, 2.45) is 0 Å². The number of hydrogen-bond acceptors (Lipinski definition) is 2. The Hall–Kier alpha value is -1.29. The molecule has 0 bridgehead atoms. The standard InChI is InChI=1S/C11H12BrN3/c1-8-5-14-15(6-8)7-9-2-3-10(12)11(13)4-9/h2-6H,7,13H2,1H3. The number of hydrogen-bond donors (Lipinski definition) is 1. The molecule has 1 aromatic heterocycles. The van der Waals surface area contributed by atoms with Crippen molar-refractivity contribution >= 4 is 21.6 Å². The molecule has 3 nitrogen and oxygen atoms in total. The van der Waals surface area contributed by atoms with Crippen LogP contribution >= 0.6 is 15.9 Å². The van der Waals surface area contributed by atoms with E-state index < -0.39 is 0 Å². The summed E-state index contributed by atoms with van der Waals surface area (Å²) < 4.78 is 2.83. The zero-order valence-electron chi connectivity index (χ0n) is 8.44. The zero-order valence-corrected chi connectivity index (χ0v) is 10.0. The monoisotopic (exact) mass is 265 g/mol. The van der Waals surface area contributed by atoms with E-state index in [1.807, 2.05) is 42.2 Å². The van der Waals surface area contributed by atoms with Crippen molar-refractivity contribution in [1.82, 2.24) is 9.78 Å². The second kappa shape index (κ2) is 4.06. The smallest absolute Gasteiger partial charge is 0.0660 e. The maximum absolute atomic E-state index is 5.80. The van der Waals surface area contributed by atoms with Gasteiger partial charge in [0, 0.05) is 16.4 Å². The van der Waals surface area contributed by atoms with Crippen molar-refractivity contribution in [2.75, 3.05) is 5.73 Å². The Morgan fingerprint density at radius 1 is 1.47 bits per heavy atom. The third-order valence-electron chi connectivity index (χ3n) is 2.17. The normalized spacial score (nSPS) is 10.5. The molecule has 0 fully saturated rings. The Morgan fingerprint density at radius 3 is 2.87 bits per heavy atom. The molecular weight excluding hydrogens is 254 g/mol. The largest absolute Gasteiger partial charge is 0.398 e. The van der Waals surface area contributed by atoms with Gasteiger partial charge in [0.15, 0.2) is 0 Å². The van der Waals surface area contributed by atoms with E-state index in [1.54, 1.807) is 0 Å². The predicted molar refractivity (Wildman–Crippen MR) is 64.6 cm³/mol. The van der Waals surface area contributed by atoms with E-state index in [-0.39, 0.29) is 0 Å². The van der Waals surface area contributed by atoms with E-state index in [0.29, 0.717) is 0 Å². The number of aromatic nitrogens is 2. The van der Waals surface area contributed by atoms with E-state index >= 15 is 0 Å². The average molecular weight is 266 g/mol. The van der Waals surface area contributed by atoms with Crippen molar-refractivity contribution in [2.45, 2.75) is 13.5 Å². The minimum Gasteiger partial charge on any atom is -0.398 e. The van der Waals surface area contributed by atoms with Crippen LogP contribution in [0.15, 0.2) is 35.1 Å².